The molecule has 1 heterocycles. The van der Waals surface area contributed by atoms with E-state index in [1.54, 1.807) is 11.8 Å². The second-order valence-corrected chi connectivity index (χ2v) is 7.78. The maximum absolute atomic E-state index is 12.4. The Morgan fingerprint density at radius 2 is 2.00 bits per heavy atom. The molecule has 5 heteroatoms. The summed E-state index contributed by atoms with van der Waals surface area (Å²) in [5, 5.41) is 0.0793. The van der Waals surface area contributed by atoms with Gasteiger partial charge in [-0.25, -0.2) is 0 Å². The lowest BCUT2D eigenvalue weighted by atomic mass is 9.84. The molecule has 1 unspecified atom stereocenters. The summed E-state index contributed by atoms with van der Waals surface area (Å²) < 4.78 is 0. The molecule has 2 aliphatic rings. The summed E-state index contributed by atoms with van der Waals surface area (Å²) in [6.45, 7) is 6.07. The summed E-state index contributed by atoms with van der Waals surface area (Å²) in [4.78, 5) is 28.6. The quantitative estimate of drug-likeness (QED) is 0.794. The largest absolute Gasteiger partial charge is 0.341 e. The van der Waals surface area contributed by atoms with Gasteiger partial charge < -0.3 is 9.80 Å². The zero-order valence-electron chi connectivity index (χ0n) is 14.5. The Kier molecular flexibility index (Phi) is 5.49. The smallest absolute Gasteiger partial charge is 0.233 e. The zero-order chi connectivity index (χ0) is 17.1. The Balaban J connectivity index is 1.63. The van der Waals surface area contributed by atoms with E-state index < -0.39 is 0 Å². The Morgan fingerprint density at radius 1 is 1.29 bits per heavy atom. The van der Waals surface area contributed by atoms with Gasteiger partial charge in [-0.05, 0) is 32.3 Å². The molecule has 1 saturated heterocycles. The number of carbonyl (C=O) groups is 2. The van der Waals surface area contributed by atoms with E-state index in [4.69, 9.17) is 0 Å². The van der Waals surface area contributed by atoms with E-state index in [2.05, 4.69) is 31.2 Å². The van der Waals surface area contributed by atoms with Crippen molar-refractivity contribution in [3.05, 3.63) is 35.4 Å². The number of hydrogen-bond donors (Lipinski definition) is 0. The van der Waals surface area contributed by atoms with Crippen molar-refractivity contribution in [2.75, 3.05) is 25.4 Å². The lowest BCUT2D eigenvalue weighted by Gasteiger charge is -2.33. The van der Waals surface area contributed by atoms with Gasteiger partial charge in [0.05, 0.1) is 5.75 Å². The van der Waals surface area contributed by atoms with Crippen LogP contribution in [0, 0.1) is 12.8 Å². The highest BCUT2D eigenvalue weighted by Gasteiger charge is 2.34. The number of likely N-dealkylation sites (N-methyl/N-ethyl adjacent to an activating group) is 1. The molecule has 0 bridgehead atoms. The van der Waals surface area contributed by atoms with Gasteiger partial charge in [-0.3, -0.25) is 9.59 Å². The van der Waals surface area contributed by atoms with Crippen LogP contribution in [0.2, 0.25) is 0 Å². The average Bonchev–Trinajstić information content (AvgIpc) is 2.88. The molecule has 0 aromatic heterocycles. The molecule has 0 N–H and O–H groups in total. The fraction of sp³-hybridized carbons (Fsp3) is 0.579. The first-order chi connectivity index (χ1) is 11.6. The van der Waals surface area contributed by atoms with Gasteiger partial charge in [0, 0.05) is 25.6 Å². The number of hydrogen-bond acceptors (Lipinski definition) is 3. The second-order valence-electron chi connectivity index (χ2n) is 6.71. The van der Waals surface area contributed by atoms with Crippen LogP contribution in [0.3, 0.4) is 0 Å². The van der Waals surface area contributed by atoms with E-state index in [1.165, 1.54) is 17.5 Å². The van der Waals surface area contributed by atoms with Gasteiger partial charge in [-0.1, -0.05) is 36.2 Å². The minimum absolute atomic E-state index is 0.0793. The fourth-order valence-electron chi connectivity index (χ4n) is 3.27. The molecule has 1 atom stereocenters. The highest BCUT2D eigenvalue weighted by atomic mass is 32.2. The van der Waals surface area contributed by atoms with Crippen LogP contribution in [0.25, 0.3) is 0 Å². The predicted octanol–water partition coefficient (Wildman–Crippen LogP) is 3.22. The monoisotopic (exact) mass is 346 g/mol. The Labute approximate surface area is 148 Å². The van der Waals surface area contributed by atoms with E-state index >= 15 is 0 Å². The Morgan fingerprint density at radius 3 is 2.58 bits per heavy atom. The molecular formula is C19H26N2O2S. The number of thioether (sulfide) groups is 1. The van der Waals surface area contributed by atoms with Gasteiger partial charge in [-0.2, -0.15) is 0 Å². The highest BCUT2D eigenvalue weighted by molar-refractivity contribution is 8.00. The summed E-state index contributed by atoms with van der Waals surface area (Å²) in [7, 11) is 0. The maximum Gasteiger partial charge on any atom is 0.233 e. The van der Waals surface area contributed by atoms with Crippen molar-refractivity contribution in [1.82, 2.24) is 9.80 Å². The van der Waals surface area contributed by atoms with Crippen molar-refractivity contribution >= 4 is 23.6 Å². The molecular weight excluding hydrogens is 320 g/mol. The van der Waals surface area contributed by atoms with E-state index in [-0.39, 0.29) is 23.1 Å². The lowest BCUT2D eigenvalue weighted by molar-refractivity contribution is -0.139. The first kappa shape index (κ1) is 17.3. The highest BCUT2D eigenvalue weighted by Crippen LogP contribution is 2.38. The van der Waals surface area contributed by atoms with Crippen molar-refractivity contribution in [3.8, 4) is 0 Å². The second kappa shape index (κ2) is 7.60. The van der Waals surface area contributed by atoms with Crippen molar-refractivity contribution < 1.29 is 9.59 Å². The molecule has 2 fully saturated rings. The number of rotatable bonds is 6. The molecule has 2 amide bonds. The van der Waals surface area contributed by atoms with E-state index in [0.29, 0.717) is 18.8 Å². The average molecular weight is 346 g/mol. The van der Waals surface area contributed by atoms with Crippen molar-refractivity contribution in [2.24, 2.45) is 5.92 Å². The summed E-state index contributed by atoms with van der Waals surface area (Å²) in [6, 6.07) is 8.40. The van der Waals surface area contributed by atoms with E-state index in [9.17, 15) is 9.59 Å². The molecule has 1 aliphatic carbocycles. The number of nitrogens with zero attached hydrogens (tertiary/aromatic N) is 2. The Hall–Kier alpha value is -1.49. The molecule has 24 heavy (non-hydrogen) atoms. The minimum Gasteiger partial charge on any atom is -0.341 e. The van der Waals surface area contributed by atoms with Crippen LogP contribution in [0.1, 0.15) is 42.7 Å². The van der Waals surface area contributed by atoms with Crippen LogP contribution in [0.4, 0.5) is 0 Å². The Bertz CT molecular complexity index is 598. The third-order valence-electron chi connectivity index (χ3n) is 5.09. The topological polar surface area (TPSA) is 40.6 Å². The minimum atomic E-state index is 0.0793. The van der Waals surface area contributed by atoms with Crippen molar-refractivity contribution in [1.29, 1.82) is 0 Å². The van der Waals surface area contributed by atoms with Crippen molar-refractivity contribution in [2.45, 2.75) is 38.5 Å². The van der Waals surface area contributed by atoms with Gasteiger partial charge >= 0.3 is 0 Å². The van der Waals surface area contributed by atoms with Gasteiger partial charge in [0.25, 0.3) is 0 Å². The maximum atomic E-state index is 12.4. The van der Waals surface area contributed by atoms with Crippen molar-refractivity contribution in [3.63, 3.8) is 0 Å². The summed E-state index contributed by atoms with van der Waals surface area (Å²) in [5.41, 5.74) is 2.40. The van der Waals surface area contributed by atoms with E-state index in [0.717, 1.165) is 19.4 Å². The molecule has 4 nitrogen and oxygen atoms in total. The molecule has 1 aliphatic heterocycles. The van der Waals surface area contributed by atoms with Gasteiger partial charge in [0.2, 0.25) is 11.8 Å². The van der Waals surface area contributed by atoms with Gasteiger partial charge in [0.15, 0.2) is 0 Å². The zero-order valence-corrected chi connectivity index (χ0v) is 15.3. The first-order valence-corrected chi connectivity index (χ1v) is 9.91. The molecule has 1 saturated carbocycles. The molecule has 0 radical (unpaired) electrons. The number of benzene rings is 1. The van der Waals surface area contributed by atoms with Gasteiger partial charge in [-0.15, -0.1) is 11.8 Å². The van der Waals surface area contributed by atoms with Gasteiger partial charge in [0.1, 0.15) is 5.37 Å². The third-order valence-corrected chi connectivity index (χ3v) is 6.35. The van der Waals surface area contributed by atoms with Crippen LogP contribution in [0.5, 0.6) is 0 Å². The third kappa shape index (κ3) is 3.61. The molecule has 3 rings (SSSR count). The molecule has 0 spiro atoms. The summed E-state index contributed by atoms with van der Waals surface area (Å²) in [6.07, 6.45) is 3.23. The predicted molar refractivity (Wildman–Crippen MR) is 97.7 cm³/mol. The summed E-state index contributed by atoms with van der Waals surface area (Å²) >= 11 is 1.68. The number of amides is 2. The summed E-state index contributed by atoms with van der Waals surface area (Å²) in [5.74, 6) is 1.20. The molecule has 1 aromatic carbocycles. The van der Waals surface area contributed by atoms with Crippen LogP contribution >= 0.6 is 11.8 Å². The standard InChI is InChI=1S/C19H26N2O2S/c1-3-20(18(23)15-5-4-6-15)11-12-21-17(22)13-24-19(21)16-9-7-14(2)8-10-16/h7-10,15,19H,3-6,11-13H2,1-2H3. The molecule has 130 valence electrons. The SMILES string of the molecule is CCN(CCN1C(=O)CSC1c1ccc(C)cc1)C(=O)C1CCC1. The van der Waals surface area contributed by atoms with E-state index in [1.807, 2.05) is 16.7 Å². The van der Waals surface area contributed by atoms with Crippen LogP contribution in [0.15, 0.2) is 24.3 Å². The number of carbonyl (C=O) groups excluding carboxylic acids is 2. The fourth-order valence-corrected chi connectivity index (χ4v) is 4.49. The van der Waals surface area contributed by atoms with Crippen LogP contribution in [-0.4, -0.2) is 47.0 Å². The number of aryl methyl sites for hydroxylation is 1. The molecule has 1 aromatic rings. The van der Waals surface area contributed by atoms with Crippen LogP contribution < -0.4 is 0 Å². The lowest BCUT2D eigenvalue weighted by Crippen LogP contribution is -2.43. The van der Waals surface area contributed by atoms with Crippen LogP contribution in [-0.2, 0) is 9.59 Å². The first-order valence-electron chi connectivity index (χ1n) is 8.86. The normalized spacial score (nSPS) is 21.0.